The molecule has 0 bridgehead atoms. The summed E-state index contributed by atoms with van der Waals surface area (Å²) in [6.45, 7) is 5.29. The van der Waals surface area contributed by atoms with Crippen LogP contribution in [0.1, 0.15) is 47.9 Å². The molecule has 3 fully saturated rings. The Bertz CT molecular complexity index is 794. The molecule has 0 spiro atoms. The highest BCUT2D eigenvalue weighted by molar-refractivity contribution is 5.22. The fourth-order valence-corrected chi connectivity index (χ4v) is 4.46. The number of hydrogen-bond donors (Lipinski definition) is 0. The second-order valence-corrected chi connectivity index (χ2v) is 8.47. The Balaban J connectivity index is 1.24. The molecule has 148 valence electrons. The quantitative estimate of drug-likeness (QED) is 0.721. The molecule has 4 atom stereocenters. The van der Waals surface area contributed by atoms with E-state index in [4.69, 9.17) is 18.9 Å². The molecule has 4 nitrogen and oxygen atoms in total. The van der Waals surface area contributed by atoms with E-state index < -0.39 is 11.6 Å². The van der Waals surface area contributed by atoms with Crippen LogP contribution in [0.25, 0.3) is 0 Å². The molecular weight excluding hydrogens is 352 g/mol. The Morgan fingerprint density at radius 1 is 0.786 bits per heavy atom. The molecule has 2 aromatic carbocycles. The van der Waals surface area contributed by atoms with Crippen LogP contribution >= 0.6 is 0 Å². The largest absolute Gasteiger partial charge is 0.343 e. The zero-order valence-corrected chi connectivity index (χ0v) is 16.6. The van der Waals surface area contributed by atoms with Gasteiger partial charge in [0.05, 0.1) is 13.2 Å². The summed E-state index contributed by atoms with van der Waals surface area (Å²) in [5, 5.41) is 0. The first kappa shape index (κ1) is 18.3. The highest BCUT2D eigenvalue weighted by Crippen LogP contribution is 2.55. The van der Waals surface area contributed by atoms with E-state index in [9.17, 15) is 0 Å². The smallest absolute Gasteiger partial charge is 0.195 e. The van der Waals surface area contributed by atoms with Crippen LogP contribution in [0.15, 0.2) is 48.5 Å². The average Bonchev–Trinajstić information content (AvgIpc) is 2.66. The zero-order chi connectivity index (χ0) is 19.2. The Hall–Kier alpha value is -1.72. The van der Waals surface area contributed by atoms with Crippen LogP contribution in [0.2, 0.25) is 0 Å². The Labute approximate surface area is 166 Å². The molecule has 0 N–H and O–H groups in total. The van der Waals surface area contributed by atoms with Crippen molar-refractivity contribution in [3.8, 4) is 0 Å². The Morgan fingerprint density at radius 3 is 1.61 bits per heavy atom. The summed E-state index contributed by atoms with van der Waals surface area (Å²) < 4.78 is 25.5. The summed E-state index contributed by atoms with van der Waals surface area (Å²) in [4.78, 5) is 0. The van der Waals surface area contributed by atoms with Gasteiger partial charge in [0.2, 0.25) is 0 Å². The predicted octanol–water partition coefficient (Wildman–Crippen LogP) is 4.80. The van der Waals surface area contributed by atoms with E-state index in [0.29, 0.717) is 13.2 Å². The van der Waals surface area contributed by atoms with E-state index in [1.54, 1.807) is 0 Å². The van der Waals surface area contributed by atoms with E-state index in [1.165, 1.54) is 22.3 Å². The summed E-state index contributed by atoms with van der Waals surface area (Å²) >= 11 is 0. The summed E-state index contributed by atoms with van der Waals surface area (Å²) in [7, 11) is 0. The third-order valence-electron chi connectivity index (χ3n) is 6.31. The van der Waals surface area contributed by atoms with Crippen LogP contribution in [0.3, 0.4) is 0 Å². The van der Waals surface area contributed by atoms with E-state index in [1.807, 2.05) is 0 Å². The fraction of sp³-hybridized carbons (Fsp3) is 0.500. The second kappa shape index (κ2) is 6.96. The van der Waals surface area contributed by atoms with Gasteiger partial charge in [-0.1, -0.05) is 59.7 Å². The first-order valence-electron chi connectivity index (χ1n) is 10.3. The lowest BCUT2D eigenvalue weighted by Gasteiger charge is -2.62. The fourth-order valence-electron chi connectivity index (χ4n) is 4.46. The van der Waals surface area contributed by atoms with Gasteiger partial charge in [-0.15, -0.1) is 0 Å². The molecule has 2 aliphatic carbocycles. The average molecular weight is 380 g/mol. The molecule has 28 heavy (non-hydrogen) atoms. The molecule has 0 amide bonds. The summed E-state index contributed by atoms with van der Waals surface area (Å²) in [5.74, 6) is -1.21. The molecule has 0 radical (unpaired) electrons. The van der Waals surface area contributed by atoms with Crippen molar-refractivity contribution in [3.05, 3.63) is 70.8 Å². The third-order valence-corrected chi connectivity index (χ3v) is 6.31. The van der Waals surface area contributed by atoms with Crippen LogP contribution < -0.4 is 0 Å². The molecular formula is C24H28O4. The van der Waals surface area contributed by atoms with Crippen molar-refractivity contribution < 1.29 is 18.9 Å². The number of benzene rings is 2. The highest BCUT2D eigenvalue weighted by atomic mass is 16.8. The van der Waals surface area contributed by atoms with Gasteiger partial charge >= 0.3 is 0 Å². The van der Waals surface area contributed by atoms with Gasteiger partial charge in [-0.3, -0.25) is 0 Å². The van der Waals surface area contributed by atoms with Crippen LogP contribution in [-0.4, -0.2) is 23.8 Å². The van der Waals surface area contributed by atoms with Crippen molar-refractivity contribution in [1.82, 2.24) is 0 Å². The van der Waals surface area contributed by atoms with Gasteiger partial charge in [-0.05, 0) is 37.8 Å². The molecule has 1 heterocycles. The van der Waals surface area contributed by atoms with Crippen molar-refractivity contribution in [1.29, 1.82) is 0 Å². The number of fused-ring (bicyclic) bond motifs is 2. The van der Waals surface area contributed by atoms with Crippen molar-refractivity contribution >= 4 is 0 Å². The predicted molar refractivity (Wildman–Crippen MR) is 106 cm³/mol. The minimum Gasteiger partial charge on any atom is -0.343 e. The maximum Gasteiger partial charge on any atom is 0.195 e. The maximum absolute atomic E-state index is 6.47. The third kappa shape index (κ3) is 3.18. The molecule has 2 aromatic rings. The van der Waals surface area contributed by atoms with Gasteiger partial charge in [0, 0.05) is 12.8 Å². The topological polar surface area (TPSA) is 36.9 Å². The van der Waals surface area contributed by atoms with Crippen LogP contribution in [0, 0.1) is 13.8 Å². The second-order valence-electron chi connectivity index (χ2n) is 8.47. The molecule has 1 saturated heterocycles. The Morgan fingerprint density at radius 2 is 1.25 bits per heavy atom. The lowest BCUT2D eigenvalue weighted by molar-refractivity contribution is -0.494. The molecule has 0 unspecified atom stereocenters. The van der Waals surface area contributed by atoms with E-state index in [-0.39, 0.29) is 12.2 Å². The summed E-state index contributed by atoms with van der Waals surface area (Å²) in [6, 6.07) is 16.8. The summed E-state index contributed by atoms with van der Waals surface area (Å²) in [6.07, 6.45) is 3.58. The molecule has 5 rings (SSSR count). The number of ether oxygens (including phenoxy) is 4. The van der Waals surface area contributed by atoms with Crippen molar-refractivity contribution in [3.63, 3.8) is 0 Å². The van der Waals surface area contributed by atoms with Gasteiger partial charge < -0.3 is 18.9 Å². The van der Waals surface area contributed by atoms with Crippen molar-refractivity contribution in [2.24, 2.45) is 0 Å². The molecule has 3 aliphatic rings. The molecule has 0 aromatic heterocycles. The zero-order valence-electron chi connectivity index (χ0n) is 16.6. The normalized spacial score (nSPS) is 33.4. The van der Waals surface area contributed by atoms with Crippen LogP contribution in [0.5, 0.6) is 0 Å². The van der Waals surface area contributed by atoms with Crippen LogP contribution in [-0.2, 0) is 32.2 Å². The highest BCUT2D eigenvalue weighted by Gasteiger charge is 2.66. The minimum atomic E-state index is -0.606. The molecule has 2 saturated carbocycles. The standard InChI is InChI=1S/C24H28O4/c1-17-5-3-7-19(13-17)15-25-23-11-9-21(23)28-24(12-10-22(24)27-23)26-16-20-8-4-6-18(2)14-20/h3-8,13-14,21-22H,9-12,15-16H2,1-2H3/t21-,22+,23+,24-. The van der Waals surface area contributed by atoms with Gasteiger partial charge in [0.25, 0.3) is 0 Å². The lowest BCUT2D eigenvalue weighted by Crippen LogP contribution is -2.73. The first-order valence-corrected chi connectivity index (χ1v) is 10.3. The van der Waals surface area contributed by atoms with Gasteiger partial charge in [0.15, 0.2) is 11.6 Å². The summed E-state index contributed by atoms with van der Waals surface area (Å²) in [5.41, 5.74) is 4.83. The lowest BCUT2D eigenvalue weighted by atomic mass is 9.78. The number of rotatable bonds is 6. The van der Waals surface area contributed by atoms with E-state index in [0.717, 1.165) is 25.7 Å². The SMILES string of the molecule is Cc1cccc(CO[C@@]23CC[C@@H]2O[C@@]2(OCc4cccc(C)c4)CC[C@H]2O3)c1. The van der Waals surface area contributed by atoms with Crippen LogP contribution in [0.4, 0.5) is 0 Å². The van der Waals surface area contributed by atoms with E-state index in [2.05, 4.69) is 62.4 Å². The Kier molecular flexibility index (Phi) is 4.55. The monoisotopic (exact) mass is 380 g/mol. The number of hydrogen-bond acceptors (Lipinski definition) is 4. The first-order chi connectivity index (χ1) is 13.6. The molecule has 4 heteroatoms. The van der Waals surface area contributed by atoms with Crippen molar-refractivity contribution in [2.75, 3.05) is 0 Å². The molecule has 1 aliphatic heterocycles. The minimum absolute atomic E-state index is 0.0497. The van der Waals surface area contributed by atoms with Gasteiger partial charge in [-0.25, -0.2) is 0 Å². The maximum atomic E-state index is 6.47. The number of aryl methyl sites for hydroxylation is 2. The van der Waals surface area contributed by atoms with Gasteiger partial charge in [0.1, 0.15) is 12.2 Å². The van der Waals surface area contributed by atoms with Crippen molar-refractivity contribution in [2.45, 2.75) is 76.5 Å². The van der Waals surface area contributed by atoms with Gasteiger partial charge in [-0.2, -0.15) is 0 Å². The van der Waals surface area contributed by atoms with E-state index >= 15 is 0 Å².